The van der Waals surface area contributed by atoms with Crippen molar-refractivity contribution in [3.05, 3.63) is 84.4 Å². The summed E-state index contributed by atoms with van der Waals surface area (Å²) in [5.41, 5.74) is 1.62. The average Bonchev–Trinajstić information content (AvgIpc) is 2.60. The van der Waals surface area contributed by atoms with Gasteiger partial charge in [0.05, 0.1) is 5.92 Å². The monoisotopic (exact) mass is 335 g/mol. The predicted octanol–water partition coefficient (Wildman–Crippen LogP) is 2.28. The molecule has 0 amide bonds. The Bertz CT molecular complexity index is 706. The number of carbonyl (C=O) groups is 2. The van der Waals surface area contributed by atoms with Gasteiger partial charge >= 0.3 is 5.97 Å². The van der Waals surface area contributed by atoms with Crippen molar-refractivity contribution in [2.24, 2.45) is 11.8 Å². The third-order valence-electron chi connectivity index (χ3n) is 4.80. The van der Waals surface area contributed by atoms with Gasteiger partial charge in [0, 0.05) is 23.7 Å². The fourth-order valence-electron chi connectivity index (χ4n) is 3.75. The van der Waals surface area contributed by atoms with E-state index >= 15 is 0 Å². The van der Waals surface area contributed by atoms with E-state index in [-0.39, 0.29) is 6.61 Å². The molecule has 1 aliphatic carbocycles. The van der Waals surface area contributed by atoms with E-state index in [9.17, 15) is 14.7 Å². The van der Waals surface area contributed by atoms with Crippen LogP contribution in [-0.4, -0.2) is 18.5 Å². The molecule has 1 aliphatic rings. The van der Waals surface area contributed by atoms with Crippen LogP contribution in [0.15, 0.2) is 73.3 Å². The van der Waals surface area contributed by atoms with Crippen molar-refractivity contribution in [3.63, 3.8) is 0 Å². The molecule has 4 heteroatoms. The number of esters is 1. The van der Waals surface area contributed by atoms with Gasteiger partial charge in [0.25, 0.3) is 0 Å². The van der Waals surface area contributed by atoms with E-state index in [2.05, 4.69) is 6.58 Å². The Morgan fingerprint density at radius 3 is 1.80 bits per heavy atom. The Kier molecular flexibility index (Phi) is 4.98. The number of rotatable bonds is 6. The van der Waals surface area contributed by atoms with E-state index in [1.807, 2.05) is 60.7 Å². The summed E-state index contributed by atoms with van der Waals surface area (Å²) in [6.45, 7) is 3.66. The number of aliphatic carboxylic acids is 1. The maximum Gasteiger partial charge on any atom is 0.310 e. The van der Waals surface area contributed by atoms with Gasteiger partial charge in [-0.25, -0.2) is 0 Å². The van der Waals surface area contributed by atoms with E-state index in [0.717, 1.165) is 11.1 Å². The molecule has 25 heavy (non-hydrogen) atoms. The molecule has 0 aromatic heterocycles. The Balaban J connectivity index is 2.01. The molecule has 0 unspecified atom stereocenters. The highest BCUT2D eigenvalue weighted by molar-refractivity contribution is 5.83. The summed E-state index contributed by atoms with van der Waals surface area (Å²) in [6.07, 6.45) is 1.50. The quantitative estimate of drug-likeness (QED) is 0.600. The molecule has 128 valence electrons. The zero-order valence-corrected chi connectivity index (χ0v) is 13.7. The molecular formula is C21H19O4-. The maximum absolute atomic E-state index is 12.6. The van der Waals surface area contributed by atoms with Crippen molar-refractivity contribution in [2.75, 3.05) is 6.61 Å². The zero-order valence-electron chi connectivity index (χ0n) is 13.7. The Labute approximate surface area is 146 Å². The molecule has 0 spiro atoms. The lowest BCUT2D eigenvalue weighted by Gasteiger charge is -2.51. The molecule has 0 heterocycles. The average molecular weight is 335 g/mol. The number of carboxylic acids is 1. The van der Waals surface area contributed by atoms with Gasteiger partial charge in [-0.05, 0) is 11.1 Å². The number of ether oxygens (including phenoxy) is 1. The number of carbonyl (C=O) groups excluding carboxylic acids is 2. The first-order chi connectivity index (χ1) is 12.1. The molecule has 2 aromatic rings. The molecule has 3 rings (SSSR count). The van der Waals surface area contributed by atoms with Gasteiger partial charge < -0.3 is 14.6 Å². The van der Waals surface area contributed by atoms with Crippen molar-refractivity contribution < 1.29 is 19.4 Å². The highest BCUT2D eigenvalue weighted by atomic mass is 16.5. The van der Waals surface area contributed by atoms with Crippen LogP contribution in [0, 0.1) is 11.8 Å². The number of hydrogen-bond donors (Lipinski definition) is 0. The largest absolute Gasteiger partial charge is 0.550 e. The normalized spacial score (nSPS) is 24.8. The van der Waals surface area contributed by atoms with Crippen molar-refractivity contribution in [1.82, 2.24) is 0 Å². The Morgan fingerprint density at radius 2 is 1.40 bits per heavy atom. The highest BCUT2D eigenvalue weighted by Gasteiger charge is 2.56. The minimum Gasteiger partial charge on any atom is -0.550 e. The van der Waals surface area contributed by atoms with Crippen LogP contribution >= 0.6 is 0 Å². The third-order valence-corrected chi connectivity index (χ3v) is 4.80. The van der Waals surface area contributed by atoms with E-state index in [1.54, 1.807) is 0 Å². The van der Waals surface area contributed by atoms with E-state index in [1.165, 1.54) is 6.08 Å². The van der Waals surface area contributed by atoms with Crippen molar-refractivity contribution in [2.45, 2.75) is 11.8 Å². The van der Waals surface area contributed by atoms with Gasteiger partial charge in [-0.2, -0.15) is 0 Å². The summed E-state index contributed by atoms with van der Waals surface area (Å²) in [5, 5.41) is 11.9. The summed E-state index contributed by atoms with van der Waals surface area (Å²) in [6, 6.07) is 18.4. The van der Waals surface area contributed by atoms with Crippen molar-refractivity contribution in [3.8, 4) is 0 Å². The molecule has 2 atom stereocenters. The van der Waals surface area contributed by atoms with Crippen LogP contribution < -0.4 is 5.11 Å². The van der Waals surface area contributed by atoms with Gasteiger partial charge in [0.2, 0.25) is 0 Å². The third kappa shape index (κ3) is 3.20. The first-order valence-corrected chi connectivity index (χ1v) is 8.23. The molecule has 1 saturated carbocycles. The molecule has 4 nitrogen and oxygen atoms in total. The first-order valence-electron chi connectivity index (χ1n) is 8.23. The summed E-state index contributed by atoms with van der Waals surface area (Å²) in [4.78, 5) is 24.5. The minimum atomic E-state index is -1.14. The van der Waals surface area contributed by atoms with Crippen LogP contribution in [0.25, 0.3) is 0 Å². The fourth-order valence-corrected chi connectivity index (χ4v) is 3.75. The second-order valence-corrected chi connectivity index (χ2v) is 6.16. The minimum absolute atomic E-state index is 0.105. The molecule has 0 radical (unpaired) electrons. The van der Waals surface area contributed by atoms with Crippen LogP contribution in [0.3, 0.4) is 0 Å². The lowest BCUT2D eigenvalue weighted by Crippen LogP contribution is -2.55. The Hall–Kier alpha value is -2.88. The summed E-state index contributed by atoms with van der Waals surface area (Å²) in [5.74, 6) is -3.81. The van der Waals surface area contributed by atoms with E-state index in [0.29, 0.717) is 0 Å². The smallest absolute Gasteiger partial charge is 0.310 e. The molecule has 0 saturated heterocycles. The van der Waals surface area contributed by atoms with Gasteiger partial charge in [0.1, 0.15) is 6.61 Å². The summed E-state index contributed by atoms with van der Waals surface area (Å²) in [7, 11) is 0. The van der Waals surface area contributed by atoms with Crippen LogP contribution in [0.4, 0.5) is 0 Å². The zero-order chi connectivity index (χ0) is 17.8. The predicted molar refractivity (Wildman–Crippen MR) is 91.5 cm³/mol. The second-order valence-electron chi connectivity index (χ2n) is 6.16. The molecular weight excluding hydrogens is 316 g/mol. The van der Waals surface area contributed by atoms with Crippen LogP contribution in [0.5, 0.6) is 0 Å². The van der Waals surface area contributed by atoms with Gasteiger partial charge in [0.15, 0.2) is 0 Å². The van der Waals surface area contributed by atoms with Crippen molar-refractivity contribution in [1.29, 1.82) is 0 Å². The van der Waals surface area contributed by atoms with Crippen LogP contribution in [0.2, 0.25) is 0 Å². The molecule has 1 fully saturated rings. The summed E-state index contributed by atoms with van der Waals surface area (Å²) >= 11 is 0. The van der Waals surface area contributed by atoms with Gasteiger partial charge in [-0.1, -0.05) is 73.3 Å². The first kappa shape index (κ1) is 17.0. The summed E-state index contributed by atoms with van der Waals surface area (Å²) < 4.78 is 5.26. The maximum atomic E-state index is 12.6. The van der Waals surface area contributed by atoms with Gasteiger partial charge in [-0.3, -0.25) is 4.79 Å². The topological polar surface area (TPSA) is 66.4 Å². The lowest BCUT2D eigenvalue weighted by atomic mass is 9.52. The fraction of sp³-hybridized carbons (Fsp3) is 0.238. The standard InChI is InChI=1S/C21H20O4/c1-2-13-25-21(24)19-16(14-9-5-3-6-10-14)18(20(22)23)17(19)15-11-7-4-8-12-15/h2-12,16-19H,1,13H2,(H,22,23)/p-1/t16-,17-,18?,19?/m0/s1. The van der Waals surface area contributed by atoms with E-state index < -0.39 is 35.6 Å². The van der Waals surface area contributed by atoms with Crippen LogP contribution in [0.1, 0.15) is 23.0 Å². The number of benzene rings is 2. The number of hydrogen-bond acceptors (Lipinski definition) is 4. The molecule has 2 aromatic carbocycles. The van der Waals surface area contributed by atoms with Crippen LogP contribution in [-0.2, 0) is 14.3 Å². The highest BCUT2D eigenvalue weighted by Crippen LogP contribution is 2.57. The second kappa shape index (κ2) is 7.34. The lowest BCUT2D eigenvalue weighted by molar-refractivity contribution is -0.317. The molecule has 0 bridgehead atoms. The number of carboxylic acid groups (broad SMARTS) is 1. The van der Waals surface area contributed by atoms with Gasteiger partial charge in [-0.15, -0.1) is 0 Å². The Morgan fingerprint density at radius 1 is 0.920 bits per heavy atom. The SMILES string of the molecule is C=CCOC(=O)C1[C@@H](c2ccccc2)C(C(=O)[O-])[C@@H]1c1ccccc1. The molecule has 0 N–H and O–H groups in total. The molecule has 0 aliphatic heterocycles. The van der Waals surface area contributed by atoms with E-state index in [4.69, 9.17) is 4.74 Å². The van der Waals surface area contributed by atoms with Crippen molar-refractivity contribution >= 4 is 11.9 Å².